The summed E-state index contributed by atoms with van der Waals surface area (Å²) in [6, 6.07) is 8.78. The standard InChI is InChI=1S/C20H23N3O4S3/c1-13-19(24)22-17-11-16(4-5-18(17)29-13)30(26,27)23-8-6-14(7-9-23)20(25)21-12-15-3-2-10-28-15/h2-5,10-11,13-14H,6-9,12H2,1H3,(H,21,25)(H,22,24)/t13-/m0/s1. The number of carbonyl (C=O) groups excluding carboxylic acids is 2. The summed E-state index contributed by atoms with van der Waals surface area (Å²) >= 11 is 3.01. The Morgan fingerprint density at radius 1 is 1.27 bits per heavy atom. The van der Waals surface area contributed by atoms with Gasteiger partial charge < -0.3 is 10.6 Å². The Morgan fingerprint density at radius 2 is 2.03 bits per heavy atom. The zero-order valence-electron chi connectivity index (χ0n) is 16.5. The molecule has 1 saturated heterocycles. The number of amides is 2. The maximum atomic E-state index is 13.1. The first-order chi connectivity index (χ1) is 14.3. The number of hydrogen-bond acceptors (Lipinski definition) is 6. The molecule has 0 saturated carbocycles. The first kappa shape index (κ1) is 21.4. The number of anilines is 1. The van der Waals surface area contributed by atoms with Gasteiger partial charge in [-0.15, -0.1) is 23.1 Å². The number of hydrogen-bond donors (Lipinski definition) is 2. The van der Waals surface area contributed by atoms with Crippen molar-refractivity contribution < 1.29 is 18.0 Å². The number of benzene rings is 1. The summed E-state index contributed by atoms with van der Waals surface area (Å²) in [5.41, 5.74) is 0.534. The molecule has 2 aliphatic rings. The van der Waals surface area contributed by atoms with Gasteiger partial charge in [0.2, 0.25) is 21.8 Å². The summed E-state index contributed by atoms with van der Waals surface area (Å²) in [7, 11) is -3.68. The van der Waals surface area contributed by atoms with Crippen LogP contribution in [0.5, 0.6) is 0 Å². The van der Waals surface area contributed by atoms with Gasteiger partial charge in [0.15, 0.2) is 0 Å². The third-order valence-electron chi connectivity index (χ3n) is 5.36. The molecular weight excluding hydrogens is 442 g/mol. The molecule has 30 heavy (non-hydrogen) atoms. The van der Waals surface area contributed by atoms with Crippen LogP contribution in [-0.4, -0.2) is 42.9 Å². The highest BCUT2D eigenvalue weighted by Gasteiger charge is 2.33. The number of piperidine rings is 1. The minimum absolute atomic E-state index is 0.0249. The highest BCUT2D eigenvalue weighted by Crippen LogP contribution is 2.37. The Balaban J connectivity index is 1.38. The van der Waals surface area contributed by atoms with Gasteiger partial charge in [-0.1, -0.05) is 6.07 Å². The number of sulfonamides is 1. The highest BCUT2D eigenvalue weighted by atomic mass is 32.2. The number of nitrogens with zero attached hydrogens (tertiary/aromatic N) is 1. The fourth-order valence-corrected chi connectivity index (χ4v) is 6.66. The summed E-state index contributed by atoms with van der Waals surface area (Å²) in [6.45, 7) is 2.92. The van der Waals surface area contributed by atoms with Crippen LogP contribution in [0.3, 0.4) is 0 Å². The van der Waals surface area contributed by atoms with Gasteiger partial charge in [0.05, 0.1) is 22.4 Å². The maximum absolute atomic E-state index is 13.1. The van der Waals surface area contributed by atoms with Crippen molar-refractivity contribution in [3.63, 3.8) is 0 Å². The third-order valence-corrected chi connectivity index (χ3v) is 9.31. The van der Waals surface area contributed by atoms with Crippen molar-refractivity contribution in [1.82, 2.24) is 9.62 Å². The van der Waals surface area contributed by atoms with E-state index < -0.39 is 10.0 Å². The molecule has 0 aliphatic carbocycles. The van der Waals surface area contributed by atoms with Crippen LogP contribution in [0.25, 0.3) is 0 Å². The normalized spacial score (nSPS) is 20.4. The third kappa shape index (κ3) is 4.41. The SMILES string of the molecule is C[C@@H]1Sc2ccc(S(=O)(=O)N3CCC(C(=O)NCc4cccs4)CC3)cc2NC1=O. The Hall–Kier alpha value is -1.88. The maximum Gasteiger partial charge on any atom is 0.243 e. The van der Waals surface area contributed by atoms with Gasteiger partial charge in [0, 0.05) is 28.8 Å². The van der Waals surface area contributed by atoms with E-state index in [-0.39, 0.29) is 27.9 Å². The summed E-state index contributed by atoms with van der Waals surface area (Å²) in [4.78, 5) is 26.5. The molecule has 2 amide bonds. The Kier molecular flexibility index (Phi) is 6.19. The lowest BCUT2D eigenvalue weighted by atomic mass is 9.97. The predicted molar refractivity (Wildman–Crippen MR) is 118 cm³/mol. The second-order valence-electron chi connectivity index (χ2n) is 7.38. The topological polar surface area (TPSA) is 95.6 Å². The first-order valence-corrected chi connectivity index (χ1v) is 13.0. The second kappa shape index (κ2) is 8.70. The fourth-order valence-electron chi connectivity index (χ4n) is 3.59. The lowest BCUT2D eigenvalue weighted by molar-refractivity contribution is -0.126. The van der Waals surface area contributed by atoms with E-state index in [1.165, 1.54) is 22.1 Å². The molecule has 2 aliphatic heterocycles. The fraction of sp³-hybridized carbons (Fsp3) is 0.400. The van der Waals surface area contributed by atoms with Crippen molar-refractivity contribution in [2.24, 2.45) is 5.92 Å². The van der Waals surface area contributed by atoms with Crippen LogP contribution in [0.15, 0.2) is 45.5 Å². The smallest absolute Gasteiger partial charge is 0.243 e. The number of carbonyl (C=O) groups is 2. The van der Waals surface area contributed by atoms with Crippen LogP contribution < -0.4 is 10.6 Å². The zero-order valence-corrected chi connectivity index (χ0v) is 18.9. The van der Waals surface area contributed by atoms with Crippen molar-refractivity contribution >= 4 is 50.6 Å². The molecular formula is C20H23N3O4S3. The van der Waals surface area contributed by atoms with Crippen LogP contribution in [0.2, 0.25) is 0 Å². The molecule has 3 heterocycles. The molecule has 1 aromatic heterocycles. The zero-order chi connectivity index (χ0) is 21.3. The molecule has 7 nitrogen and oxygen atoms in total. The van der Waals surface area contributed by atoms with E-state index in [1.54, 1.807) is 23.5 Å². The van der Waals surface area contributed by atoms with Crippen LogP contribution in [0.4, 0.5) is 5.69 Å². The van der Waals surface area contributed by atoms with Crippen LogP contribution in [0, 0.1) is 5.92 Å². The lowest BCUT2D eigenvalue weighted by Crippen LogP contribution is -2.42. The van der Waals surface area contributed by atoms with Crippen molar-refractivity contribution in [1.29, 1.82) is 0 Å². The van der Waals surface area contributed by atoms with Crippen molar-refractivity contribution in [2.45, 2.75) is 41.4 Å². The van der Waals surface area contributed by atoms with Crippen LogP contribution in [0.1, 0.15) is 24.6 Å². The van der Waals surface area contributed by atoms with E-state index in [0.29, 0.717) is 38.2 Å². The molecule has 2 N–H and O–H groups in total. The summed E-state index contributed by atoms with van der Waals surface area (Å²) in [5.74, 6) is -0.336. The molecule has 0 unspecified atom stereocenters. The Bertz CT molecular complexity index is 1050. The minimum Gasteiger partial charge on any atom is -0.351 e. The van der Waals surface area contributed by atoms with Gasteiger partial charge in [-0.25, -0.2) is 8.42 Å². The Morgan fingerprint density at radius 3 is 2.73 bits per heavy atom. The van der Waals surface area contributed by atoms with E-state index in [4.69, 9.17) is 0 Å². The van der Waals surface area contributed by atoms with E-state index in [1.807, 2.05) is 24.4 Å². The molecule has 1 atom stereocenters. The summed E-state index contributed by atoms with van der Waals surface area (Å²) < 4.78 is 27.6. The Labute approximate surface area is 184 Å². The molecule has 2 aromatic rings. The first-order valence-electron chi connectivity index (χ1n) is 9.76. The largest absolute Gasteiger partial charge is 0.351 e. The average Bonchev–Trinajstić information content (AvgIpc) is 3.26. The minimum atomic E-state index is -3.68. The van der Waals surface area contributed by atoms with Gasteiger partial charge in [0.1, 0.15) is 0 Å². The number of thiophene rings is 1. The van der Waals surface area contributed by atoms with Gasteiger partial charge in [-0.05, 0) is 49.4 Å². The molecule has 4 rings (SSSR count). The summed E-state index contributed by atoms with van der Waals surface area (Å²) in [6.07, 6.45) is 0.981. The van der Waals surface area contributed by atoms with Gasteiger partial charge >= 0.3 is 0 Å². The number of nitrogens with one attached hydrogen (secondary N) is 2. The number of fused-ring (bicyclic) bond motifs is 1. The molecule has 0 radical (unpaired) electrons. The molecule has 1 aromatic carbocycles. The molecule has 10 heteroatoms. The van der Waals surface area contributed by atoms with E-state index in [9.17, 15) is 18.0 Å². The van der Waals surface area contributed by atoms with E-state index >= 15 is 0 Å². The van der Waals surface area contributed by atoms with Gasteiger partial charge in [-0.2, -0.15) is 4.31 Å². The van der Waals surface area contributed by atoms with Crippen LogP contribution in [-0.2, 0) is 26.2 Å². The molecule has 1 fully saturated rings. The molecule has 0 spiro atoms. The van der Waals surface area contributed by atoms with Crippen LogP contribution >= 0.6 is 23.1 Å². The second-order valence-corrected chi connectivity index (χ2v) is 11.7. The molecule has 0 bridgehead atoms. The monoisotopic (exact) mass is 465 g/mol. The van der Waals surface area contributed by atoms with Crippen molar-refractivity contribution in [3.05, 3.63) is 40.6 Å². The van der Waals surface area contributed by atoms with Crippen molar-refractivity contribution in [3.8, 4) is 0 Å². The van der Waals surface area contributed by atoms with E-state index in [2.05, 4.69) is 10.6 Å². The predicted octanol–water partition coefficient (Wildman–Crippen LogP) is 2.90. The summed E-state index contributed by atoms with van der Waals surface area (Å²) in [5, 5.41) is 7.49. The number of thioether (sulfide) groups is 1. The van der Waals surface area contributed by atoms with Gasteiger partial charge in [0.25, 0.3) is 0 Å². The highest BCUT2D eigenvalue weighted by molar-refractivity contribution is 8.01. The molecule has 160 valence electrons. The van der Waals surface area contributed by atoms with E-state index in [0.717, 1.165) is 9.77 Å². The average molecular weight is 466 g/mol. The lowest BCUT2D eigenvalue weighted by Gasteiger charge is -2.31. The number of rotatable bonds is 5. The van der Waals surface area contributed by atoms with Crippen molar-refractivity contribution in [2.75, 3.05) is 18.4 Å². The quantitative estimate of drug-likeness (QED) is 0.708. The van der Waals surface area contributed by atoms with Gasteiger partial charge in [-0.3, -0.25) is 9.59 Å².